The quantitative estimate of drug-likeness (QED) is 0.701. The van der Waals surface area contributed by atoms with E-state index in [1.807, 2.05) is 0 Å². The Bertz CT molecular complexity index is 378. The topological polar surface area (TPSA) is 37.8 Å². The molecule has 20 heavy (non-hydrogen) atoms. The van der Waals surface area contributed by atoms with E-state index in [0.717, 1.165) is 31.8 Å². The summed E-state index contributed by atoms with van der Waals surface area (Å²) in [5.41, 5.74) is 3.69. The first-order valence-electron chi connectivity index (χ1n) is 8.12. The van der Waals surface area contributed by atoms with E-state index in [2.05, 4.69) is 49.9 Å². The lowest BCUT2D eigenvalue weighted by Crippen LogP contribution is -2.23. The van der Waals surface area contributed by atoms with Crippen molar-refractivity contribution in [2.24, 2.45) is 5.92 Å². The zero-order valence-corrected chi connectivity index (χ0v) is 13.9. The second kappa shape index (κ2) is 9.06. The molecule has 0 spiro atoms. The molecule has 1 atom stereocenters. The van der Waals surface area contributed by atoms with Crippen LogP contribution in [0.4, 0.5) is 0 Å². The highest BCUT2D eigenvalue weighted by molar-refractivity contribution is 5.25. The smallest absolute Gasteiger partial charge is 0.128 e. The van der Waals surface area contributed by atoms with E-state index in [-0.39, 0.29) is 0 Å². The van der Waals surface area contributed by atoms with Crippen LogP contribution in [0.2, 0.25) is 0 Å². The fourth-order valence-electron chi connectivity index (χ4n) is 2.50. The standard InChI is InChI=1S/C17H31N3/c1-6-8-9-17-19-14(4)16(15(5)20-17)11-13(3)12-18-10-7-2/h13,18H,6-12H2,1-5H3. The molecule has 3 nitrogen and oxygen atoms in total. The largest absolute Gasteiger partial charge is 0.316 e. The first-order chi connectivity index (χ1) is 9.58. The fourth-order valence-corrected chi connectivity index (χ4v) is 2.50. The van der Waals surface area contributed by atoms with E-state index in [9.17, 15) is 0 Å². The van der Waals surface area contributed by atoms with Crippen LogP contribution in [-0.2, 0) is 12.8 Å². The van der Waals surface area contributed by atoms with Gasteiger partial charge >= 0.3 is 0 Å². The third kappa shape index (κ3) is 5.58. The number of unbranched alkanes of at least 4 members (excludes halogenated alkanes) is 1. The van der Waals surface area contributed by atoms with Crippen molar-refractivity contribution in [2.75, 3.05) is 13.1 Å². The number of hydrogen-bond donors (Lipinski definition) is 1. The Morgan fingerprint density at radius 2 is 1.70 bits per heavy atom. The van der Waals surface area contributed by atoms with Crippen LogP contribution in [0, 0.1) is 19.8 Å². The summed E-state index contributed by atoms with van der Waals surface area (Å²) in [6.45, 7) is 13.1. The molecule has 0 aliphatic carbocycles. The van der Waals surface area contributed by atoms with Gasteiger partial charge < -0.3 is 5.32 Å². The maximum atomic E-state index is 4.69. The van der Waals surface area contributed by atoms with Crippen molar-refractivity contribution in [1.29, 1.82) is 0 Å². The molecule has 0 radical (unpaired) electrons. The summed E-state index contributed by atoms with van der Waals surface area (Å²) in [7, 11) is 0. The zero-order chi connectivity index (χ0) is 15.0. The minimum Gasteiger partial charge on any atom is -0.316 e. The summed E-state index contributed by atoms with van der Waals surface area (Å²) < 4.78 is 0. The van der Waals surface area contributed by atoms with Crippen LogP contribution < -0.4 is 5.32 Å². The number of aromatic nitrogens is 2. The van der Waals surface area contributed by atoms with Crippen molar-refractivity contribution in [3.8, 4) is 0 Å². The molecule has 0 bridgehead atoms. The Hall–Kier alpha value is -0.960. The van der Waals surface area contributed by atoms with E-state index >= 15 is 0 Å². The molecule has 1 rings (SSSR count). The van der Waals surface area contributed by atoms with Crippen LogP contribution in [-0.4, -0.2) is 23.1 Å². The van der Waals surface area contributed by atoms with Gasteiger partial charge in [-0.05, 0) is 57.7 Å². The maximum Gasteiger partial charge on any atom is 0.128 e. The van der Waals surface area contributed by atoms with Gasteiger partial charge in [0.1, 0.15) is 5.82 Å². The Morgan fingerprint density at radius 1 is 1.05 bits per heavy atom. The highest BCUT2D eigenvalue weighted by Gasteiger charge is 2.12. The normalized spacial score (nSPS) is 12.7. The summed E-state index contributed by atoms with van der Waals surface area (Å²) in [4.78, 5) is 9.38. The summed E-state index contributed by atoms with van der Waals surface area (Å²) in [5.74, 6) is 1.64. The molecular formula is C17H31N3. The van der Waals surface area contributed by atoms with Gasteiger partial charge in [-0.1, -0.05) is 27.2 Å². The van der Waals surface area contributed by atoms with Crippen LogP contribution in [0.3, 0.4) is 0 Å². The van der Waals surface area contributed by atoms with Crippen molar-refractivity contribution < 1.29 is 0 Å². The Labute approximate surface area is 124 Å². The van der Waals surface area contributed by atoms with Crippen LogP contribution in [0.15, 0.2) is 0 Å². The van der Waals surface area contributed by atoms with E-state index < -0.39 is 0 Å². The number of nitrogens with zero attached hydrogens (tertiary/aromatic N) is 2. The van der Waals surface area contributed by atoms with E-state index in [4.69, 9.17) is 0 Å². The first kappa shape index (κ1) is 17.1. The third-order valence-corrected chi connectivity index (χ3v) is 3.69. The molecule has 0 fully saturated rings. The fraction of sp³-hybridized carbons (Fsp3) is 0.765. The number of aryl methyl sites for hydroxylation is 3. The van der Waals surface area contributed by atoms with Gasteiger partial charge in [0.25, 0.3) is 0 Å². The first-order valence-corrected chi connectivity index (χ1v) is 8.12. The predicted molar refractivity (Wildman–Crippen MR) is 86.1 cm³/mol. The van der Waals surface area contributed by atoms with Gasteiger partial charge in [0.2, 0.25) is 0 Å². The van der Waals surface area contributed by atoms with Crippen LogP contribution in [0.1, 0.15) is 62.8 Å². The Kier molecular flexibility index (Phi) is 7.75. The molecule has 1 aromatic rings. The van der Waals surface area contributed by atoms with Crippen molar-refractivity contribution in [3.05, 3.63) is 22.8 Å². The van der Waals surface area contributed by atoms with Gasteiger partial charge in [-0.3, -0.25) is 0 Å². The van der Waals surface area contributed by atoms with E-state index in [1.165, 1.54) is 36.2 Å². The van der Waals surface area contributed by atoms with E-state index in [1.54, 1.807) is 0 Å². The molecule has 114 valence electrons. The van der Waals surface area contributed by atoms with Crippen molar-refractivity contribution >= 4 is 0 Å². The molecule has 1 heterocycles. The summed E-state index contributed by atoms with van der Waals surface area (Å²) in [6, 6.07) is 0. The molecule has 0 aliphatic rings. The molecule has 1 N–H and O–H groups in total. The van der Waals surface area contributed by atoms with Gasteiger partial charge in [-0.2, -0.15) is 0 Å². The second-order valence-corrected chi connectivity index (χ2v) is 5.91. The minimum atomic E-state index is 0.629. The van der Waals surface area contributed by atoms with Crippen molar-refractivity contribution in [2.45, 2.75) is 66.7 Å². The number of rotatable bonds is 9. The molecule has 0 aromatic carbocycles. The Morgan fingerprint density at radius 3 is 2.25 bits per heavy atom. The molecule has 1 aromatic heterocycles. The average molecular weight is 277 g/mol. The van der Waals surface area contributed by atoms with Gasteiger partial charge in [-0.15, -0.1) is 0 Å². The lowest BCUT2D eigenvalue weighted by Gasteiger charge is -2.16. The van der Waals surface area contributed by atoms with Crippen molar-refractivity contribution in [3.63, 3.8) is 0 Å². The Balaban J connectivity index is 2.65. The SMILES string of the molecule is CCCCc1nc(C)c(CC(C)CNCCC)c(C)n1. The maximum absolute atomic E-state index is 4.69. The van der Waals surface area contributed by atoms with Crippen LogP contribution in [0.25, 0.3) is 0 Å². The molecule has 0 saturated heterocycles. The molecule has 1 unspecified atom stereocenters. The highest BCUT2D eigenvalue weighted by Crippen LogP contribution is 2.16. The highest BCUT2D eigenvalue weighted by atomic mass is 14.9. The summed E-state index contributed by atoms with van der Waals surface area (Å²) in [5, 5.41) is 3.49. The molecule has 3 heteroatoms. The van der Waals surface area contributed by atoms with E-state index in [0.29, 0.717) is 5.92 Å². The summed E-state index contributed by atoms with van der Waals surface area (Å²) in [6.07, 6.45) is 5.65. The van der Waals surface area contributed by atoms with Crippen LogP contribution >= 0.6 is 0 Å². The van der Waals surface area contributed by atoms with Crippen molar-refractivity contribution in [1.82, 2.24) is 15.3 Å². The predicted octanol–water partition coefficient (Wildman–Crippen LogP) is 3.61. The molecule has 0 amide bonds. The molecular weight excluding hydrogens is 246 g/mol. The van der Waals surface area contributed by atoms with Gasteiger partial charge in [0.15, 0.2) is 0 Å². The van der Waals surface area contributed by atoms with Gasteiger partial charge in [-0.25, -0.2) is 9.97 Å². The average Bonchev–Trinajstić information content (AvgIpc) is 2.41. The van der Waals surface area contributed by atoms with Crippen LogP contribution in [0.5, 0.6) is 0 Å². The summed E-state index contributed by atoms with van der Waals surface area (Å²) >= 11 is 0. The zero-order valence-electron chi connectivity index (χ0n) is 13.9. The third-order valence-electron chi connectivity index (χ3n) is 3.69. The lowest BCUT2D eigenvalue weighted by molar-refractivity contribution is 0.506. The number of hydrogen-bond acceptors (Lipinski definition) is 3. The second-order valence-electron chi connectivity index (χ2n) is 5.91. The minimum absolute atomic E-state index is 0.629. The molecule has 0 saturated carbocycles. The number of nitrogens with one attached hydrogen (secondary N) is 1. The monoisotopic (exact) mass is 277 g/mol. The van der Waals surface area contributed by atoms with Gasteiger partial charge in [0, 0.05) is 17.8 Å². The van der Waals surface area contributed by atoms with Gasteiger partial charge in [0.05, 0.1) is 0 Å². The lowest BCUT2D eigenvalue weighted by atomic mass is 9.98. The molecule has 0 aliphatic heterocycles.